The molecule has 0 fully saturated rings. The normalized spacial score (nSPS) is 10.2. The lowest BCUT2D eigenvalue weighted by molar-refractivity contribution is 0.0836. The van der Waals surface area contributed by atoms with Crippen LogP contribution in [0.1, 0.15) is 10.4 Å². The second kappa shape index (κ2) is 7.46. The lowest BCUT2D eigenvalue weighted by atomic mass is 10.2. The Morgan fingerprint density at radius 1 is 1.41 bits per heavy atom. The number of phenolic OH excluding ortho intramolecular Hbond substituents is 1. The minimum Gasteiger partial charge on any atom is -0.507 e. The first-order chi connectivity index (χ1) is 8.15. The molecule has 1 rings (SSSR count). The standard InChI is InChI=1S/C11H14INO4/c12-8-1-2-10(15)9(7-8)11(16)13-3-5-17-6-4-14/h1-2,7,14-15H,3-6H2,(H,13,16). The molecule has 0 spiro atoms. The molecule has 1 amide bonds. The van der Waals surface area contributed by atoms with Gasteiger partial charge in [-0.25, -0.2) is 0 Å². The molecule has 5 nitrogen and oxygen atoms in total. The van der Waals surface area contributed by atoms with Crippen molar-refractivity contribution >= 4 is 28.5 Å². The molecular formula is C11H14INO4. The minimum absolute atomic E-state index is 0.0361. The number of aliphatic hydroxyl groups excluding tert-OH is 1. The topological polar surface area (TPSA) is 78.8 Å². The molecule has 0 bridgehead atoms. The summed E-state index contributed by atoms with van der Waals surface area (Å²) < 4.78 is 5.87. The highest BCUT2D eigenvalue weighted by Gasteiger charge is 2.10. The van der Waals surface area contributed by atoms with Crippen LogP contribution in [0, 0.1) is 3.57 Å². The molecule has 0 saturated carbocycles. The molecule has 94 valence electrons. The van der Waals surface area contributed by atoms with E-state index in [2.05, 4.69) is 27.9 Å². The van der Waals surface area contributed by atoms with Crippen LogP contribution in [0.2, 0.25) is 0 Å². The molecule has 6 heteroatoms. The molecule has 0 heterocycles. The molecule has 0 atom stereocenters. The zero-order valence-electron chi connectivity index (χ0n) is 9.15. The van der Waals surface area contributed by atoms with E-state index in [1.54, 1.807) is 12.1 Å². The number of amides is 1. The molecule has 0 radical (unpaired) electrons. The lowest BCUT2D eigenvalue weighted by Gasteiger charge is -2.07. The van der Waals surface area contributed by atoms with E-state index >= 15 is 0 Å². The number of phenols is 1. The van der Waals surface area contributed by atoms with Crippen LogP contribution in [0.3, 0.4) is 0 Å². The summed E-state index contributed by atoms with van der Waals surface area (Å²) in [5, 5.41) is 20.6. The van der Waals surface area contributed by atoms with E-state index in [0.29, 0.717) is 13.2 Å². The van der Waals surface area contributed by atoms with Crippen LogP contribution in [0.4, 0.5) is 0 Å². The molecule has 1 aromatic carbocycles. The number of rotatable bonds is 6. The number of benzene rings is 1. The summed E-state index contributed by atoms with van der Waals surface area (Å²) in [6.07, 6.45) is 0. The van der Waals surface area contributed by atoms with E-state index in [1.807, 2.05) is 0 Å². The van der Waals surface area contributed by atoms with Gasteiger partial charge < -0.3 is 20.3 Å². The highest BCUT2D eigenvalue weighted by molar-refractivity contribution is 14.1. The molecule has 3 N–H and O–H groups in total. The van der Waals surface area contributed by atoms with E-state index in [1.165, 1.54) is 6.07 Å². The molecule has 0 aromatic heterocycles. The van der Waals surface area contributed by atoms with Gasteiger partial charge in [0.25, 0.3) is 5.91 Å². The van der Waals surface area contributed by atoms with E-state index < -0.39 is 0 Å². The van der Waals surface area contributed by atoms with Crippen molar-refractivity contribution in [3.05, 3.63) is 27.3 Å². The maximum Gasteiger partial charge on any atom is 0.255 e. The molecule has 0 aliphatic carbocycles. The number of nitrogens with one attached hydrogen (secondary N) is 1. The average Bonchev–Trinajstić information content (AvgIpc) is 2.32. The highest BCUT2D eigenvalue weighted by atomic mass is 127. The predicted octanol–water partition coefficient (Wildman–Crippen LogP) is 0.736. The molecule has 1 aromatic rings. The predicted molar refractivity (Wildman–Crippen MR) is 71.1 cm³/mol. The van der Waals surface area contributed by atoms with Crippen molar-refractivity contribution < 1.29 is 19.7 Å². The van der Waals surface area contributed by atoms with Gasteiger partial charge in [-0.1, -0.05) is 0 Å². The Balaban J connectivity index is 2.44. The summed E-state index contributed by atoms with van der Waals surface area (Å²) in [5.74, 6) is -0.382. The lowest BCUT2D eigenvalue weighted by Crippen LogP contribution is -2.27. The number of carbonyl (C=O) groups is 1. The summed E-state index contributed by atoms with van der Waals surface area (Å²) in [5.41, 5.74) is 0.249. The van der Waals surface area contributed by atoms with Gasteiger partial charge in [0.05, 0.1) is 25.4 Å². The van der Waals surface area contributed by atoms with Crippen molar-refractivity contribution in [1.29, 1.82) is 0 Å². The Bertz CT molecular complexity index is 384. The molecule has 0 saturated heterocycles. The maximum absolute atomic E-state index is 11.7. The van der Waals surface area contributed by atoms with Gasteiger partial charge in [-0.3, -0.25) is 4.79 Å². The molecular weight excluding hydrogens is 337 g/mol. The molecule has 0 aliphatic rings. The van der Waals surface area contributed by atoms with Crippen LogP contribution in [0.5, 0.6) is 5.75 Å². The number of hydrogen-bond acceptors (Lipinski definition) is 4. The fourth-order valence-corrected chi connectivity index (χ4v) is 1.68. The number of hydrogen-bond donors (Lipinski definition) is 3. The van der Waals surface area contributed by atoms with E-state index in [9.17, 15) is 9.90 Å². The van der Waals surface area contributed by atoms with Crippen molar-refractivity contribution in [2.75, 3.05) is 26.4 Å². The third kappa shape index (κ3) is 4.88. The summed E-state index contributed by atoms with van der Waals surface area (Å²) >= 11 is 2.07. The number of halogens is 1. The van der Waals surface area contributed by atoms with Gasteiger partial charge in [0, 0.05) is 10.1 Å². The Morgan fingerprint density at radius 2 is 2.18 bits per heavy atom. The van der Waals surface area contributed by atoms with E-state index in [0.717, 1.165) is 3.57 Å². The molecule has 0 unspecified atom stereocenters. The van der Waals surface area contributed by atoms with E-state index in [-0.39, 0.29) is 30.4 Å². The summed E-state index contributed by atoms with van der Waals surface area (Å²) in [6.45, 7) is 0.886. The van der Waals surface area contributed by atoms with Crippen molar-refractivity contribution in [2.24, 2.45) is 0 Å². The van der Waals surface area contributed by atoms with Crippen LogP contribution in [-0.4, -0.2) is 42.5 Å². The van der Waals surface area contributed by atoms with Crippen molar-refractivity contribution in [3.63, 3.8) is 0 Å². The zero-order valence-corrected chi connectivity index (χ0v) is 11.3. The van der Waals surface area contributed by atoms with Gasteiger partial charge in [-0.15, -0.1) is 0 Å². The summed E-state index contributed by atoms with van der Waals surface area (Å²) in [6, 6.07) is 4.82. The summed E-state index contributed by atoms with van der Waals surface area (Å²) in [7, 11) is 0. The number of aliphatic hydroxyl groups is 1. The zero-order chi connectivity index (χ0) is 12.7. The number of aromatic hydroxyl groups is 1. The Labute approximate surface area is 113 Å². The van der Waals surface area contributed by atoms with Gasteiger partial charge in [-0.05, 0) is 40.8 Å². The number of carbonyl (C=O) groups excluding carboxylic acids is 1. The maximum atomic E-state index is 11.7. The Hall–Kier alpha value is -0.860. The SMILES string of the molecule is O=C(NCCOCCO)c1cc(I)ccc1O. The molecule has 17 heavy (non-hydrogen) atoms. The first-order valence-corrected chi connectivity index (χ1v) is 6.18. The van der Waals surface area contributed by atoms with Crippen LogP contribution in [0.25, 0.3) is 0 Å². The third-order valence-corrected chi connectivity index (χ3v) is 2.64. The smallest absolute Gasteiger partial charge is 0.255 e. The van der Waals surface area contributed by atoms with Gasteiger partial charge in [0.2, 0.25) is 0 Å². The first-order valence-electron chi connectivity index (χ1n) is 5.10. The van der Waals surface area contributed by atoms with Crippen LogP contribution >= 0.6 is 22.6 Å². The quantitative estimate of drug-likeness (QED) is 0.522. The fourth-order valence-electron chi connectivity index (χ4n) is 1.19. The minimum atomic E-state index is -0.339. The first kappa shape index (κ1) is 14.2. The van der Waals surface area contributed by atoms with E-state index in [4.69, 9.17) is 9.84 Å². The molecule has 0 aliphatic heterocycles. The van der Waals surface area contributed by atoms with Crippen LogP contribution < -0.4 is 5.32 Å². The second-order valence-corrected chi connectivity index (χ2v) is 4.50. The van der Waals surface area contributed by atoms with Gasteiger partial charge in [-0.2, -0.15) is 0 Å². The average molecular weight is 351 g/mol. The van der Waals surface area contributed by atoms with Gasteiger partial charge >= 0.3 is 0 Å². The highest BCUT2D eigenvalue weighted by Crippen LogP contribution is 2.19. The Morgan fingerprint density at radius 3 is 2.88 bits per heavy atom. The second-order valence-electron chi connectivity index (χ2n) is 3.25. The monoisotopic (exact) mass is 351 g/mol. The van der Waals surface area contributed by atoms with Crippen LogP contribution in [0.15, 0.2) is 18.2 Å². The fraction of sp³-hybridized carbons (Fsp3) is 0.364. The largest absolute Gasteiger partial charge is 0.507 e. The Kier molecular flexibility index (Phi) is 6.23. The van der Waals surface area contributed by atoms with Gasteiger partial charge in [0.1, 0.15) is 5.75 Å². The third-order valence-electron chi connectivity index (χ3n) is 1.97. The van der Waals surface area contributed by atoms with Crippen molar-refractivity contribution in [2.45, 2.75) is 0 Å². The van der Waals surface area contributed by atoms with Crippen molar-refractivity contribution in [1.82, 2.24) is 5.32 Å². The van der Waals surface area contributed by atoms with Crippen molar-refractivity contribution in [3.8, 4) is 5.75 Å². The van der Waals surface area contributed by atoms with Crippen LogP contribution in [-0.2, 0) is 4.74 Å². The summed E-state index contributed by atoms with van der Waals surface area (Å²) in [4.78, 5) is 11.7. The van der Waals surface area contributed by atoms with Gasteiger partial charge in [0.15, 0.2) is 0 Å². The number of ether oxygens (including phenoxy) is 1.